The first-order valence-corrected chi connectivity index (χ1v) is 8.38. The summed E-state index contributed by atoms with van der Waals surface area (Å²) in [6, 6.07) is 17.8. The lowest BCUT2D eigenvalue weighted by Gasteiger charge is -2.27. The molecule has 23 heavy (non-hydrogen) atoms. The molecule has 1 amide bonds. The summed E-state index contributed by atoms with van der Waals surface area (Å²) in [5.41, 5.74) is 3.24. The Balaban J connectivity index is 2.31. The topological polar surface area (TPSA) is 32.3 Å². The van der Waals surface area contributed by atoms with Gasteiger partial charge in [0.15, 0.2) is 0 Å². The number of aryl methyl sites for hydroxylation is 1. The number of nitrogens with one attached hydrogen (secondary N) is 1. The first-order chi connectivity index (χ1) is 11.2. The molecule has 2 rings (SSSR count). The van der Waals surface area contributed by atoms with Crippen molar-refractivity contribution in [1.82, 2.24) is 4.90 Å². The van der Waals surface area contributed by atoms with Crippen LogP contribution in [0, 0.1) is 0 Å². The highest BCUT2D eigenvalue weighted by Crippen LogP contribution is 2.23. The summed E-state index contributed by atoms with van der Waals surface area (Å²) in [6.45, 7) is 7.60. The molecule has 1 N–H and O–H groups in total. The molecule has 3 nitrogen and oxygen atoms in total. The molecule has 0 aliphatic carbocycles. The molecule has 2 aromatic carbocycles. The number of anilines is 1. The Bertz CT molecular complexity index is 621. The lowest BCUT2D eigenvalue weighted by Crippen LogP contribution is -2.37. The van der Waals surface area contributed by atoms with Crippen molar-refractivity contribution in [2.24, 2.45) is 0 Å². The van der Waals surface area contributed by atoms with Gasteiger partial charge in [-0.15, -0.1) is 0 Å². The van der Waals surface area contributed by atoms with E-state index < -0.39 is 0 Å². The Labute approximate surface area is 139 Å². The highest BCUT2D eigenvalue weighted by atomic mass is 16.2. The van der Waals surface area contributed by atoms with E-state index in [9.17, 15) is 4.79 Å². The quantitative estimate of drug-likeness (QED) is 0.828. The van der Waals surface area contributed by atoms with Crippen molar-refractivity contribution in [2.75, 3.05) is 18.4 Å². The zero-order chi connectivity index (χ0) is 16.7. The molecule has 0 aliphatic rings. The maximum absolute atomic E-state index is 12.9. The van der Waals surface area contributed by atoms with E-state index in [1.54, 1.807) is 0 Å². The van der Waals surface area contributed by atoms with Crippen LogP contribution in [0.1, 0.15) is 37.9 Å². The monoisotopic (exact) mass is 310 g/mol. The summed E-state index contributed by atoms with van der Waals surface area (Å²) in [7, 11) is 0. The highest BCUT2D eigenvalue weighted by molar-refractivity contribution is 5.86. The van der Waals surface area contributed by atoms with E-state index in [0.717, 1.165) is 30.8 Å². The number of hydrogen-bond acceptors (Lipinski definition) is 2. The zero-order valence-corrected chi connectivity index (χ0v) is 14.3. The smallest absolute Gasteiger partial charge is 0.249 e. The van der Waals surface area contributed by atoms with Gasteiger partial charge in [0.05, 0.1) is 0 Å². The Morgan fingerprint density at radius 3 is 2.30 bits per heavy atom. The number of likely N-dealkylation sites (N-methyl/N-ethyl adjacent to an activating group) is 1. The summed E-state index contributed by atoms with van der Waals surface area (Å²) in [5.74, 6) is 0.114. The van der Waals surface area contributed by atoms with E-state index in [4.69, 9.17) is 0 Å². The summed E-state index contributed by atoms with van der Waals surface area (Å²) in [4.78, 5) is 14.8. The maximum atomic E-state index is 12.9. The average molecular weight is 310 g/mol. The van der Waals surface area contributed by atoms with Crippen molar-refractivity contribution in [3.63, 3.8) is 0 Å². The van der Waals surface area contributed by atoms with Crippen LogP contribution < -0.4 is 5.32 Å². The van der Waals surface area contributed by atoms with Crippen LogP contribution in [0.3, 0.4) is 0 Å². The van der Waals surface area contributed by atoms with Gasteiger partial charge in [-0.25, -0.2) is 0 Å². The Hall–Kier alpha value is -2.29. The van der Waals surface area contributed by atoms with Gasteiger partial charge in [0.25, 0.3) is 0 Å². The zero-order valence-electron chi connectivity index (χ0n) is 14.3. The van der Waals surface area contributed by atoms with E-state index in [0.29, 0.717) is 0 Å². The van der Waals surface area contributed by atoms with Crippen LogP contribution in [0.4, 0.5) is 5.69 Å². The van der Waals surface area contributed by atoms with Crippen LogP contribution in [0.2, 0.25) is 0 Å². The summed E-state index contributed by atoms with van der Waals surface area (Å²) in [5, 5.41) is 3.43. The minimum Gasteiger partial charge on any atom is -0.370 e. The number of benzene rings is 2. The Morgan fingerprint density at radius 2 is 1.70 bits per heavy atom. The van der Waals surface area contributed by atoms with Gasteiger partial charge in [-0.05, 0) is 43.5 Å². The molecule has 0 spiro atoms. The lowest BCUT2D eigenvalue weighted by atomic mass is 10.0. The third kappa shape index (κ3) is 4.35. The molecule has 122 valence electrons. The Morgan fingerprint density at radius 1 is 1.00 bits per heavy atom. The SMILES string of the molecule is CCc1cccc(N[C@@H](C(=O)N(CC)CC)c2ccccc2)c1. The van der Waals surface area contributed by atoms with E-state index >= 15 is 0 Å². The fourth-order valence-electron chi connectivity index (χ4n) is 2.70. The molecular formula is C20H26N2O. The molecule has 1 atom stereocenters. The van der Waals surface area contributed by atoms with Gasteiger partial charge in [-0.3, -0.25) is 4.79 Å². The van der Waals surface area contributed by atoms with Crippen LogP contribution in [-0.4, -0.2) is 23.9 Å². The summed E-state index contributed by atoms with van der Waals surface area (Å²) < 4.78 is 0. The van der Waals surface area contributed by atoms with E-state index in [2.05, 4.69) is 24.4 Å². The molecule has 0 fully saturated rings. The molecule has 2 aromatic rings. The second-order valence-electron chi connectivity index (χ2n) is 5.55. The number of nitrogens with zero attached hydrogens (tertiary/aromatic N) is 1. The van der Waals surface area contributed by atoms with Crippen molar-refractivity contribution in [3.8, 4) is 0 Å². The molecule has 0 heterocycles. The van der Waals surface area contributed by atoms with Crippen LogP contribution in [0.5, 0.6) is 0 Å². The predicted octanol–water partition coefficient (Wildman–Crippen LogP) is 4.27. The molecule has 0 saturated heterocycles. The van der Waals surface area contributed by atoms with Gasteiger partial charge >= 0.3 is 0 Å². The first-order valence-electron chi connectivity index (χ1n) is 8.38. The van der Waals surface area contributed by atoms with Crippen LogP contribution in [0.25, 0.3) is 0 Å². The van der Waals surface area contributed by atoms with E-state index in [-0.39, 0.29) is 11.9 Å². The minimum atomic E-state index is -0.358. The number of rotatable bonds is 7. The molecule has 0 bridgehead atoms. The average Bonchev–Trinajstić information content (AvgIpc) is 2.61. The standard InChI is InChI=1S/C20H26N2O/c1-4-16-11-10-14-18(15-16)21-19(17-12-8-7-9-13-17)20(23)22(5-2)6-3/h7-15,19,21H,4-6H2,1-3H3/t19-/m1/s1. The van der Waals surface area contributed by atoms with Gasteiger partial charge in [0.1, 0.15) is 6.04 Å². The van der Waals surface area contributed by atoms with Gasteiger partial charge in [-0.1, -0.05) is 49.4 Å². The van der Waals surface area contributed by atoms with Gasteiger partial charge in [0, 0.05) is 18.8 Å². The summed E-state index contributed by atoms with van der Waals surface area (Å²) in [6.07, 6.45) is 0.982. The lowest BCUT2D eigenvalue weighted by molar-refractivity contribution is -0.131. The van der Waals surface area contributed by atoms with Gasteiger partial charge < -0.3 is 10.2 Å². The third-order valence-corrected chi connectivity index (χ3v) is 4.10. The fraction of sp³-hybridized carbons (Fsp3) is 0.350. The van der Waals surface area contributed by atoms with Crippen LogP contribution >= 0.6 is 0 Å². The third-order valence-electron chi connectivity index (χ3n) is 4.10. The molecule has 0 aliphatic heterocycles. The molecule has 3 heteroatoms. The highest BCUT2D eigenvalue weighted by Gasteiger charge is 2.24. The summed E-state index contributed by atoms with van der Waals surface area (Å²) >= 11 is 0. The molecule has 0 unspecified atom stereocenters. The van der Waals surface area contributed by atoms with E-state index in [1.807, 2.05) is 61.2 Å². The maximum Gasteiger partial charge on any atom is 0.249 e. The fourth-order valence-corrected chi connectivity index (χ4v) is 2.70. The second-order valence-corrected chi connectivity index (χ2v) is 5.55. The second kappa shape index (κ2) is 8.37. The number of carbonyl (C=O) groups is 1. The molecular weight excluding hydrogens is 284 g/mol. The van der Waals surface area contributed by atoms with Crippen molar-refractivity contribution in [2.45, 2.75) is 33.2 Å². The molecule has 0 aromatic heterocycles. The van der Waals surface area contributed by atoms with Crippen molar-refractivity contribution < 1.29 is 4.79 Å². The minimum absolute atomic E-state index is 0.114. The number of hydrogen-bond donors (Lipinski definition) is 1. The van der Waals surface area contributed by atoms with Gasteiger partial charge in [0.2, 0.25) is 5.91 Å². The number of amides is 1. The van der Waals surface area contributed by atoms with E-state index in [1.165, 1.54) is 5.56 Å². The van der Waals surface area contributed by atoms with Gasteiger partial charge in [-0.2, -0.15) is 0 Å². The molecule has 0 saturated carbocycles. The van der Waals surface area contributed by atoms with Crippen molar-refractivity contribution >= 4 is 11.6 Å². The normalized spacial score (nSPS) is 11.8. The van der Waals surface area contributed by atoms with Crippen LogP contribution in [-0.2, 0) is 11.2 Å². The van der Waals surface area contributed by atoms with Crippen LogP contribution in [0.15, 0.2) is 54.6 Å². The predicted molar refractivity (Wildman–Crippen MR) is 96.6 cm³/mol. The van der Waals surface area contributed by atoms with Crippen molar-refractivity contribution in [3.05, 3.63) is 65.7 Å². The largest absolute Gasteiger partial charge is 0.370 e. The van der Waals surface area contributed by atoms with Crippen molar-refractivity contribution in [1.29, 1.82) is 0 Å². The Kier molecular flexibility index (Phi) is 6.21. The first kappa shape index (κ1) is 17.1. The number of carbonyl (C=O) groups excluding carboxylic acids is 1. The molecule has 0 radical (unpaired) electrons.